The van der Waals surface area contributed by atoms with E-state index in [1.807, 2.05) is 6.92 Å². The largest absolute Gasteiger partial charge is 0.361 e. The van der Waals surface area contributed by atoms with E-state index >= 15 is 0 Å². The lowest BCUT2D eigenvalue weighted by Crippen LogP contribution is -2.50. The van der Waals surface area contributed by atoms with Gasteiger partial charge >= 0.3 is 0 Å². The van der Waals surface area contributed by atoms with Gasteiger partial charge < -0.3 is 14.7 Å². The number of rotatable bonds is 11. The molecule has 1 N–H and O–H groups in total. The first-order valence-corrected chi connectivity index (χ1v) is 9.38. The molecule has 1 aromatic heterocycles. The predicted octanol–water partition coefficient (Wildman–Crippen LogP) is 3.89. The number of aryl methyl sites for hydroxylation is 1. The van der Waals surface area contributed by atoms with E-state index in [0.29, 0.717) is 18.3 Å². The molecule has 0 aliphatic carbocycles. The first-order valence-electron chi connectivity index (χ1n) is 9.38. The van der Waals surface area contributed by atoms with Crippen LogP contribution in [0.4, 0.5) is 0 Å². The normalized spacial score (nSPS) is 13.3. The van der Waals surface area contributed by atoms with E-state index in [4.69, 9.17) is 4.52 Å². The maximum absolute atomic E-state index is 12.4. The fourth-order valence-electron chi connectivity index (χ4n) is 3.24. The van der Waals surface area contributed by atoms with Crippen LogP contribution in [-0.2, 0) is 6.42 Å². The molecule has 0 bridgehead atoms. The molecule has 0 fully saturated rings. The van der Waals surface area contributed by atoms with Gasteiger partial charge in [0.2, 0.25) is 0 Å². The van der Waals surface area contributed by atoms with Crippen LogP contribution < -0.4 is 5.32 Å². The summed E-state index contributed by atoms with van der Waals surface area (Å²) in [5.41, 5.74) is 0.440. The van der Waals surface area contributed by atoms with Crippen molar-refractivity contribution < 1.29 is 9.32 Å². The van der Waals surface area contributed by atoms with E-state index in [-0.39, 0.29) is 11.3 Å². The van der Waals surface area contributed by atoms with Crippen molar-refractivity contribution in [2.75, 3.05) is 20.1 Å². The highest BCUT2D eigenvalue weighted by molar-refractivity contribution is 5.92. The average molecular weight is 338 g/mol. The molecule has 0 aliphatic rings. The van der Waals surface area contributed by atoms with Gasteiger partial charge in [0, 0.05) is 30.5 Å². The summed E-state index contributed by atoms with van der Waals surface area (Å²) in [6.45, 7) is 12.7. The van der Waals surface area contributed by atoms with Crippen LogP contribution in [0.2, 0.25) is 0 Å². The third-order valence-corrected chi connectivity index (χ3v) is 5.56. The number of hydrogen-bond donors (Lipinski definition) is 1. The Labute approximate surface area is 147 Å². The topological polar surface area (TPSA) is 58.4 Å². The van der Waals surface area contributed by atoms with Gasteiger partial charge in [-0.25, -0.2) is 0 Å². The van der Waals surface area contributed by atoms with Crippen molar-refractivity contribution in [1.29, 1.82) is 0 Å². The second kappa shape index (κ2) is 9.82. The molecular formula is C19H35N3O2. The Hall–Kier alpha value is -1.36. The third-order valence-electron chi connectivity index (χ3n) is 5.56. The standard InChI is InChI=1S/C19H35N3O2/c1-7-11-12-22(6)15(5)19(9-3,10-4)14-20-18(23)17-13-16(8-2)24-21-17/h13,15H,7-12,14H2,1-6H3,(H,20,23). The molecule has 1 rings (SSSR count). The summed E-state index contributed by atoms with van der Waals surface area (Å²) in [7, 11) is 2.19. The van der Waals surface area contributed by atoms with Crippen molar-refractivity contribution in [2.45, 2.75) is 72.8 Å². The molecule has 1 amide bonds. The maximum Gasteiger partial charge on any atom is 0.273 e. The zero-order chi connectivity index (χ0) is 18.2. The molecule has 1 atom stereocenters. The number of aromatic nitrogens is 1. The van der Waals surface area contributed by atoms with Crippen LogP contribution in [0.3, 0.4) is 0 Å². The molecule has 1 heterocycles. The van der Waals surface area contributed by atoms with E-state index < -0.39 is 0 Å². The molecule has 1 unspecified atom stereocenters. The summed E-state index contributed by atoms with van der Waals surface area (Å²) in [6.07, 6.45) is 5.20. The fraction of sp³-hybridized carbons (Fsp3) is 0.789. The Kier molecular flexibility index (Phi) is 8.46. The number of carbonyl (C=O) groups is 1. The molecule has 0 saturated carbocycles. The highest BCUT2D eigenvalue weighted by Gasteiger charge is 2.35. The highest BCUT2D eigenvalue weighted by atomic mass is 16.5. The van der Waals surface area contributed by atoms with Crippen molar-refractivity contribution in [3.63, 3.8) is 0 Å². The number of carbonyl (C=O) groups excluding carboxylic acids is 1. The first-order chi connectivity index (χ1) is 11.4. The van der Waals surface area contributed by atoms with Crippen LogP contribution in [-0.4, -0.2) is 42.1 Å². The molecule has 24 heavy (non-hydrogen) atoms. The van der Waals surface area contributed by atoms with Crippen LogP contribution in [0, 0.1) is 5.41 Å². The Balaban J connectivity index is 2.74. The number of hydrogen-bond acceptors (Lipinski definition) is 4. The number of nitrogens with one attached hydrogen (secondary N) is 1. The Morgan fingerprint density at radius 3 is 2.50 bits per heavy atom. The number of nitrogens with zero attached hydrogens (tertiary/aromatic N) is 2. The van der Waals surface area contributed by atoms with E-state index in [1.54, 1.807) is 6.07 Å². The van der Waals surface area contributed by atoms with Gasteiger partial charge in [0.15, 0.2) is 5.69 Å². The van der Waals surface area contributed by atoms with Gasteiger partial charge in [-0.2, -0.15) is 0 Å². The second-order valence-corrected chi connectivity index (χ2v) is 6.79. The smallest absolute Gasteiger partial charge is 0.273 e. The van der Waals surface area contributed by atoms with Crippen molar-refractivity contribution >= 4 is 5.91 Å². The third kappa shape index (κ3) is 5.07. The van der Waals surface area contributed by atoms with E-state index in [9.17, 15) is 4.79 Å². The summed E-state index contributed by atoms with van der Waals surface area (Å²) >= 11 is 0. The minimum absolute atomic E-state index is 0.0650. The van der Waals surface area contributed by atoms with Crippen LogP contribution in [0.25, 0.3) is 0 Å². The van der Waals surface area contributed by atoms with Crippen LogP contribution in [0.15, 0.2) is 10.6 Å². The van der Waals surface area contributed by atoms with Crippen molar-refractivity contribution in [1.82, 2.24) is 15.4 Å². The summed E-state index contributed by atoms with van der Waals surface area (Å²) in [6, 6.07) is 2.13. The molecule has 0 saturated heterocycles. The van der Waals surface area contributed by atoms with E-state index in [0.717, 1.165) is 31.6 Å². The molecule has 0 radical (unpaired) electrons. The minimum Gasteiger partial charge on any atom is -0.361 e. The SMILES string of the molecule is CCCCN(C)C(C)C(CC)(CC)CNC(=O)c1cc(CC)on1. The Morgan fingerprint density at radius 1 is 1.33 bits per heavy atom. The zero-order valence-electron chi connectivity index (χ0n) is 16.3. The lowest BCUT2D eigenvalue weighted by atomic mass is 9.75. The summed E-state index contributed by atoms with van der Waals surface area (Å²) < 4.78 is 5.13. The second-order valence-electron chi connectivity index (χ2n) is 6.79. The van der Waals surface area contributed by atoms with Gasteiger partial charge in [-0.05, 0) is 39.8 Å². The molecule has 5 nitrogen and oxygen atoms in total. The monoisotopic (exact) mass is 337 g/mol. The van der Waals surface area contributed by atoms with Crippen LogP contribution in [0.1, 0.15) is 76.6 Å². The van der Waals surface area contributed by atoms with Gasteiger partial charge in [0.05, 0.1) is 0 Å². The Morgan fingerprint density at radius 2 is 2.00 bits per heavy atom. The van der Waals surface area contributed by atoms with Gasteiger partial charge in [-0.1, -0.05) is 39.3 Å². The quantitative estimate of drug-likeness (QED) is 0.665. The molecule has 138 valence electrons. The predicted molar refractivity (Wildman–Crippen MR) is 98.2 cm³/mol. The summed E-state index contributed by atoms with van der Waals surface area (Å²) in [5.74, 6) is 0.596. The first kappa shape index (κ1) is 20.7. The van der Waals surface area contributed by atoms with Crippen molar-refractivity contribution in [2.24, 2.45) is 5.41 Å². The van der Waals surface area contributed by atoms with Crippen molar-refractivity contribution in [3.05, 3.63) is 17.5 Å². The van der Waals surface area contributed by atoms with Gasteiger partial charge in [0.25, 0.3) is 5.91 Å². The molecule has 0 spiro atoms. The summed E-state index contributed by atoms with van der Waals surface area (Å²) in [5, 5.41) is 6.95. The number of amides is 1. The highest BCUT2D eigenvalue weighted by Crippen LogP contribution is 2.33. The fourth-order valence-corrected chi connectivity index (χ4v) is 3.24. The van der Waals surface area contributed by atoms with Gasteiger partial charge in [-0.3, -0.25) is 4.79 Å². The lowest BCUT2D eigenvalue weighted by Gasteiger charge is -2.42. The average Bonchev–Trinajstić information content (AvgIpc) is 3.09. The summed E-state index contributed by atoms with van der Waals surface area (Å²) in [4.78, 5) is 14.8. The van der Waals surface area contributed by atoms with Crippen LogP contribution in [0.5, 0.6) is 0 Å². The lowest BCUT2D eigenvalue weighted by molar-refractivity contribution is 0.0721. The molecule has 0 aromatic carbocycles. The molecular weight excluding hydrogens is 302 g/mol. The zero-order valence-corrected chi connectivity index (χ0v) is 16.3. The van der Waals surface area contributed by atoms with E-state index in [2.05, 4.69) is 50.1 Å². The maximum atomic E-state index is 12.4. The number of unbranched alkanes of at least 4 members (excludes halogenated alkanes) is 1. The molecule has 1 aromatic rings. The van der Waals surface area contributed by atoms with E-state index in [1.165, 1.54) is 12.8 Å². The minimum atomic E-state index is -0.145. The molecule has 5 heteroatoms. The van der Waals surface area contributed by atoms with Gasteiger partial charge in [0.1, 0.15) is 5.76 Å². The Bertz CT molecular complexity index is 495. The van der Waals surface area contributed by atoms with Crippen molar-refractivity contribution in [3.8, 4) is 0 Å². The van der Waals surface area contributed by atoms with Gasteiger partial charge in [-0.15, -0.1) is 0 Å². The van der Waals surface area contributed by atoms with Crippen LogP contribution >= 0.6 is 0 Å². The molecule has 0 aliphatic heterocycles.